The topological polar surface area (TPSA) is 55.4 Å². The molecule has 1 amide bonds. The van der Waals surface area contributed by atoms with Gasteiger partial charge in [-0.1, -0.05) is 51.2 Å². The van der Waals surface area contributed by atoms with Crippen LogP contribution in [0.25, 0.3) is 0 Å². The Balaban J connectivity index is 2.59. The summed E-state index contributed by atoms with van der Waals surface area (Å²) in [5, 5.41) is 2.80. The Hall–Kier alpha value is -1.84. The Morgan fingerprint density at radius 3 is 2.54 bits per heavy atom. The lowest BCUT2D eigenvalue weighted by molar-refractivity contribution is -0.141. The summed E-state index contributed by atoms with van der Waals surface area (Å²) in [6.45, 7) is 4.07. The zero-order chi connectivity index (χ0) is 17.6. The molecule has 1 aromatic carbocycles. The number of benzene rings is 1. The molecule has 134 valence electrons. The standard InChI is InChI=1S/C20H31NO3/c1-3-4-5-6-7-8-11-18-12-9-14-20(21-16-22)19(18)13-10-15-24-17(2)23/h9,12,14,16H,3-8,10-11,13,15H2,1-2H3,(H,21,22). The number of aryl methyl sites for hydroxylation is 1. The molecule has 0 spiro atoms. The minimum Gasteiger partial charge on any atom is -0.466 e. The number of anilines is 1. The highest BCUT2D eigenvalue weighted by Gasteiger charge is 2.08. The van der Waals surface area contributed by atoms with Crippen molar-refractivity contribution in [2.45, 2.75) is 71.6 Å². The molecule has 4 heteroatoms. The summed E-state index contributed by atoms with van der Waals surface area (Å²) in [5.74, 6) is -0.249. The van der Waals surface area contributed by atoms with Crippen LogP contribution in [0, 0.1) is 0 Å². The molecule has 0 aromatic heterocycles. The zero-order valence-corrected chi connectivity index (χ0v) is 15.1. The predicted molar refractivity (Wildman–Crippen MR) is 98.2 cm³/mol. The van der Waals surface area contributed by atoms with Gasteiger partial charge in [-0.25, -0.2) is 0 Å². The number of hydrogen-bond donors (Lipinski definition) is 1. The summed E-state index contributed by atoms with van der Waals surface area (Å²) in [7, 11) is 0. The minimum absolute atomic E-state index is 0.249. The highest BCUT2D eigenvalue weighted by Crippen LogP contribution is 2.23. The van der Waals surface area contributed by atoms with Crippen molar-refractivity contribution in [3.8, 4) is 0 Å². The van der Waals surface area contributed by atoms with Gasteiger partial charge in [0.2, 0.25) is 6.41 Å². The van der Waals surface area contributed by atoms with Crippen molar-refractivity contribution in [2.24, 2.45) is 0 Å². The number of carbonyl (C=O) groups is 2. The van der Waals surface area contributed by atoms with Crippen molar-refractivity contribution in [2.75, 3.05) is 11.9 Å². The number of hydrogen-bond acceptors (Lipinski definition) is 3. The Bertz CT molecular complexity index is 500. The number of amides is 1. The van der Waals surface area contributed by atoms with Crippen LogP contribution in [0.3, 0.4) is 0 Å². The number of rotatable bonds is 13. The Morgan fingerprint density at radius 1 is 1.08 bits per heavy atom. The van der Waals surface area contributed by atoms with Gasteiger partial charge < -0.3 is 10.1 Å². The first-order valence-corrected chi connectivity index (χ1v) is 9.13. The van der Waals surface area contributed by atoms with E-state index in [0.717, 1.165) is 31.4 Å². The summed E-state index contributed by atoms with van der Waals surface area (Å²) in [4.78, 5) is 21.7. The average Bonchev–Trinajstić information content (AvgIpc) is 2.56. The summed E-state index contributed by atoms with van der Waals surface area (Å²) in [6, 6.07) is 6.07. The van der Waals surface area contributed by atoms with Crippen LogP contribution in [0.15, 0.2) is 18.2 Å². The van der Waals surface area contributed by atoms with E-state index in [0.29, 0.717) is 6.61 Å². The molecule has 0 fully saturated rings. The van der Waals surface area contributed by atoms with Crippen LogP contribution in [0.2, 0.25) is 0 Å². The molecule has 0 bridgehead atoms. The molecule has 0 aliphatic carbocycles. The van der Waals surface area contributed by atoms with Gasteiger partial charge >= 0.3 is 5.97 Å². The fourth-order valence-electron chi connectivity index (χ4n) is 2.92. The number of nitrogens with one attached hydrogen (secondary N) is 1. The zero-order valence-electron chi connectivity index (χ0n) is 15.1. The van der Waals surface area contributed by atoms with Gasteiger partial charge in [0.25, 0.3) is 0 Å². The quantitative estimate of drug-likeness (QED) is 0.325. The lowest BCUT2D eigenvalue weighted by Gasteiger charge is -2.14. The van der Waals surface area contributed by atoms with E-state index in [4.69, 9.17) is 4.74 Å². The van der Waals surface area contributed by atoms with Gasteiger partial charge in [-0.2, -0.15) is 0 Å². The van der Waals surface area contributed by atoms with E-state index in [2.05, 4.69) is 18.3 Å². The normalized spacial score (nSPS) is 10.4. The largest absolute Gasteiger partial charge is 0.466 e. The molecule has 0 aliphatic rings. The lowest BCUT2D eigenvalue weighted by atomic mass is 9.96. The fraction of sp³-hybridized carbons (Fsp3) is 0.600. The highest BCUT2D eigenvalue weighted by molar-refractivity contribution is 5.74. The van der Waals surface area contributed by atoms with Crippen molar-refractivity contribution < 1.29 is 14.3 Å². The van der Waals surface area contributed by atoms with E-state index in [1.807, 2.05) is 12.1 Å². The van der Waals surface area contributed by atoms with Crippen molar-refractivity contribution >= 4 is 18.1 Å². The van der Waals surface area contributed by atoms with Gasteiger partial charge in [0.1, 0.15) is 0 Å². The smallest absolute Gasteiger partial charge is 0.302 e. The second-order valence-corrected chi connectivity index (χ2v) is 6.17. The Labute approximate surface area is 146 Å². The first-order chi connectivity index (χ1) is 11.7. The molecular formula is C20H31NO3. The maximum Gasteiger partial charge on any atom is 0.302 e. The minimum atomic E-state index is -0.249. The van der Waals surface area contributed by atoms with Gasteiger partial charge in [-0.05, 0) is 42.9 Å². The van der Waals surface area contributed by atoms with Crippen molar-refractivity contribution in [3.05, 3.63) is 29.3 Å². The number of esters is 1. The van der Waals surface area contributed by atoms with Crippen molar-refractivity contribution in [3.63, 3.8) is 0 Å². The third-order valence-corrected chi connectivity index (χ3v) is 4.16. The molecule has 0 atom stereocenters. The Morgan fingerprint density at radius 2 is 1.83 bits per heavy atom. The molecular weight excluding hydrogens is 302 g/mol. The molecule has 0 saturated heterocycles. The number of ether oxygens (including phenoxy) is 1. The molecule has 0 radical (unpaired) electrons. The molecule has 1 rings (SSSR count). The van der Waals surface area contributed by atoms with E-state index in [9.17, 15) is 9.59 Å². The van der Waals surface area contributed by atoms with E-state index < -0.39 is 0 Å². The number of carbonyl (C=O) groups excluding carboxylic acids is 2. The van der Waals surface area contributed by atoms with Crippen molar-refractivity contribution in [1.82, 2.24) is 0 Å². The highest BCUT2D eigenvalue weighted by atomic mass is 16.5. The van der Waals surface area contributed by atoms with Gasteiger partial charge in [0.05, 0.1) is 6.61 Å². The first-order valence-electron chi connectivity index (χ1n) is 9.13. The summed E-state index contributed by atoms with van der Waals surface area (Å²) in [6.07, 6.45) is 10.9. The summed E-state index contributed by atoms with van der Waals surface area (Å²) in [5.41, 5.74) is 3.33. The fourth-order valence-corrected chi connectivity index (χ4v) is 2.92. The molecule has 4 nitrogen and oxygen atoms in total. The second kappa shape index (κ2) is 12.6. The van der Waals surface area contributed by atoms with Crippen LogP contribution in [0.4, 0.5) is 5.69 Å². The molecule has 0 aliphatic heterocycles. The number of unbranched alkanes of at least 4 members (excludes halogenated alkanes) is 5. The monoisotopic (exact) mass is 333 g/mol. The molecule has 1 N–H and O–H groups in total. The van der Waals surface area contributed by atoms with Crippen LogP contribution >= 0.6 is 0 Å². The summed E-state index contributed by atoms with van der Waals surface area (Å²) >= 11 is 0. The van der Waals surface area contributed by atoms with Gasteiger partial charge in [0, 0.05) is 12.6 Å². The van der Waals surface area contributed by atoms with Gasteiger partial charge in [-0.15, -0.1) is 0 Å². The van der Waals surface area contributed by atoms with Gasteiger partial charge in [-0.3, -0.25) is 9.59 Å². The maximum absolute atomic E-state index is 10.9. The predicted octanol–water partition coefficient (Wildman–Crippen LogP) is 4.65. The third kappa shape index (κ3) is 8.14. The lowest BCUT2D eigenvalue weighted by Crippen LogP contribution is -2.06. The maximum atomic E-state index is 10.9. The second-order valence-electron chi connectivity index (χ2n) is 6.17. The molecule has 24 heavy (non-hydrogen) atoms. The van der Waals surface area contributed by atoms with E-state index in [-0.39, 0.29) is 5.97 Å². The van der Waals surface area contributed by atoms with E-state index in [1.165, 1.54) is 56.6 Å². The van der Waals surface area contributed by atoms with Crippen LogP contribution in [-0.4, -0.2) is 19.0 Å². The van der Waals surface area contributed by atoms with Crippen LogP contribution < -0.4 is 5.32 Å². The third-order valence-electron chi connectivity index (χ3n) is 4.16. The molecule has 0 heterocycles. The first kappa shape index (κ1) is 20.2. The molecule has 1 aromatic rings. The average molecular weight is 333 g/mol. The molecule has 0 unspecified atom stereocenters. The SMILES string of the molecule is CCCCCCCCc1cccc(NC=O)c1CCCOC(C)=O. The van der Waals surface area contributed by atoms with Crippen LogP contribution in [0.5, 0.6) is 0 Å². The van der Waals surface area contributed by atoms with Gasteiger partial charge in [0.15, 0.2) is 0 Å². The van der Waals surface area contributed by atoms with E-state index in [1.54, 1.807) is 0 Å². The molecule has 0 saturated carbocycles. The Kier molecular flexibility index (Phi) is 10.6. The van der Waals surface area contributed by atoms with Crippen molar-refractivity contribution in [1.29, 1.82) is 0 Å². The van der Waals surface area contributed by atoms with E-state index >= 15 is 0 Å². The van der Waals surface area contributed by atoms with Crippen LogP contribution in [-0.2, 0) is 27.2 Å². The van der Waals surface area contributed by atoms with Crippen LogP contribution in [0.1, 0.15) is 69.9 Å². The summed E-state index contributed by atoms with van der Waals surface area (Å²) < 4.78 is 5.01.